The summed E-state index contributed by atoms with van der Waals surface area (Å²) in [6, 6.07) is 11.5. The van der Waals surface area contributed by atoms with Crippen molar-refractivity contribution in [2.24, 2.45) is 0 Å². The minimum Gasteiger partial charge on any atom is -0.504 e. The molecule has 0 amide bonds. The summed E-state index contributed by atoms with van der Waals surface area (Å²) in [6.45, 7) is 1.38. The van der Waals surface area contributed by atoms with Crippen LogP contribution >= 0.6 is 0 Å². The lowest BCUT2D eigenvalue weighted by Crippen LogP contribution is -2.20. The van der Waals surface area contributed by atoms with Crippen molar-refractivity contribution in [1.29, 1.82) is 0 Å². The van der Waals surface area contributed by atoms with Gasteiger partial charge in [0, 0.05) is 12.5 Å². The van der Waals surface area contributed by atoms with Gasteiger partial charge in [-0.25, -0.2) is 4.79 Å². The second kappa shape index (κ2) is 6.30. The topological polar surface area (TPSA) is 78.8 Å². The maximum atomic E-state index is 12.1. The summed E-state index contributed by atoms with van der Waals surface area (Å²) in [5, 5.41) is 23.6. The number of carbonyl (C=O) groups is 1. The van der Waals surface area contributed by atoms with Gasteiger partial charge in [-0.15, -0.1) is 0 Å². The normalized spacial score (nSPS) is 17.2. The van der Waals surface area contributed by atoms with E-state index in [9.17, 15) is 15.0 Å². The summed E-state index contributed by atoms with van der Waals surface area (Å²) in [6.07, 6.45) is 0.580. The van der Waals surface area contributed by atoms with Crippen LogP contribution in [0.2, 0.25) is 0 Å². The van der Waals surface area contributed by atoms with Gasteiger partial charge in [-0.1, -0.05) is 30.3 Å². The van der Waals surface area contributed by atoms with E-state index in [1.54, 1.807) is 6.07 Å². The fourth-order valence-electron chi connectivity index (χ4n) is 3.17. The zero-order valence-electron chi connectivity index (χ0n) is 12.9. The number of hydrogen-bond acceptors (Lipinski definition) is 5. The van der Waals surface area contributed by atoms with Gasteiger partial charge in [-0.3, -0.25) is 0 Å². The van der Waals surface area contributed by atoms with E-state index in [1.807, 2.05) is 30.3 Å². The van der Waals surface area contributed by atoms with Crippen LogP contribution in [0.1, 0.15) is 33.0 Å². The first kappa shape index (κ1) is 15.4. The number of esters is 1. The second-order valence-corrected chi connectivity index (χ2v) is 5.60. The predicted molar refractivity (Wildman–Crippen MR) is 86.0 cm³/mol. The Morgan fingerprint density at radius 1 is 1.26 bits per heavy atom. The zero-order valence-corrected chi connectivity index (χ0v) is 12.9. The molecule has 1 unspecified atom stereocenters. The molecular weight excluding hydrogens is 294 g/mol. The predicted octanol–water partition coefficient (Wildman–Crippen LogP) is 2.16. The number of carbonyl (C=O) groups excluding carboxylic acids is 1. The average molecular weight is 313 g/mol. The average Bonchev–Trinajstić information content (AvgIpc) is 2.78. The molecule has 2 aromatic carbocycles. The molecule has 0 aromatic heterocycles. The van der Waals surface area contributed by atoms with Gasteiger partial charge in [0.2, 0.25) is 0 Å². The summed E-state index contributed by atoms with van der Waals surface area (Å²) in [5.41, 5.74) is 2.72. The highest BCUT2D eigenvalue weighted by Crippen LogP contribution is 2.40. The molecular formula is C18H19NO4. The number of nitrogens with one attached hydrogen (secondary N) is 1. The number of hydrogen-bond donors (Lipinski definition) is 3. The van der Waals surface area contributed by atoms with E-state index in [4.69, 9.17) is 4.74 Å². The first-order valence-corrected chi connectivity index (χ1v) is 7.55. The van der Waals surface area contributed by atoms with E-state index >= 15 is 0 Å². The largest absolute Gasteiger partial charge is 0.504 e. The Bertz CT molecular complexity index is 728. The van der Waals surface area contributed by atoms with Crippen molar-refractivity contribution in [3.63, 3.8) is 0 Å². The summed E-state index contributed by atoms with van der Waals surface area (Å²) in [5.74, 6) is -1.36. The number of fused-ring (bicyclic) bond motifs is 1. The molecule has 3 rings (SSSR count). The van der Waals surface area contributed by atoms with Crippen LogP contribution in [0.4, 0.5) is 0 Å². The maximum absolute atomic E-state index is 12.1. The molecule has 1 aliphatic rings. The molecule has 3 N–H and O–H groups in total. The molecule has 5 heteroatoms. The molecule has 2 aromatic rings. The van der Waals surface area contributed by atoms with Crippen molar-refractivity contribution in [1.82, 2.24) is 5.32 Å². The standard InChI is InChI=1S/C18H19NO4/c1-23-18(22)16-12-7-8-19-10-14(11-5-3-2-4-6-11)13(12)9-15(20)17(16)21/h2-6,9,14,19-21H,7-8,10H2,1H3. The minimum absolute atomic E-state index is 0.0105. The van der Waals surface area contributed by atoms with Crippen LogP contribution in [0.3, 0.4) is 0 Å². The molecule has 0 radical (unpaired) electrons. The fourth-order valence-corrected chi connectivity index (χ4v) is 3.17. The van der Waals surface area contributed by atoms with E-state index in [2.05, 4.69) is 5.32 Å². The summed E-state index contributed by atoms with van der Waals surface area (Å²) < 4.78 is 4.79. The third-order valence-electron chi connectivity index (χ3n) is 4.29. The van der Waals surface area contributed by atoms with Crippen LogP contribution in [0.25, 0.3) is 0 Å². The molecule has 5 nitrogen and oxygen atoms in total. The minimum atomic E-state index is -0.636. The molecule has 1 heterocycles. The van der Waals surface area contributed by atoms with E-state index in [0.29, 0.717) is 19.5 Å². The molecule has 23 heavy (non-hydrogen) atoms. The Kier molecular flexibility index (Phi) is 4.21. The highest BCUT2D eigenvalue weighted by molar-refractivity contribution is 5.95. The van der Waals surface area contributed by atoms with Crippen LogP contribution < -0.4 is 5.32 Å². The van der Waals surface area contributed by atoms with E-state index in [0.717, 1.165) is 16.7 Å². The third kappa shape index (κ3) is 2.75. The second-order valence-electron chi connectivity index (χ2n) is 5.60. The molecule has 0 saturated carbocycles. The Hall–Kier alpha value is -2.53. The van der Waals surface area contributed by atoms with Crippen molar-refractivity contribution in [3.05, 3.63) is 58.7 Å². The number of rotatable bonds is 2. The zero-order chi connectivity index (χ0) is 16.4. The SMILES string of the molecule is COC(=O)c1c(O)c(O)cc2c1CCNCC2c1ccccc1. The molecule has 0 saturated heterocycles. The number of ether oxygens (including phenoxy) is 1. The highest BCUT2D eigenvalue weighted by atomic mass is 16.5. The van der Waals surface area contributed by atoms with Gasteiger partial charge in [-0.2, -0.15) is 0 Å². The van der Waals surface area contributed by atoms with Crippen LogP contribution in [-0.2, 0) is 11.2 Å². The lowest BCUT2D eigenvalue weighted by atomic mass is 9.85. The Morgan fingerprint density at radius 2 is 2.00 bits per heavy atom. The van der Waals surface area contributed by atoms with Crippen molar-refractivity contribution in [3.8, 4) is 11.5 Å². The van der Waals surface area contributed by atoms with Crippen molar-refractivity contribution in [2.45, 2.75) is 12.3 Å². The molecule has 0 aliphatic carbocycles. The van der Waals surface area contributed by atoms with Crippen molar-refractivity contribution < 1.29 is 19.7 Å². The quantitative estimate of drug-likeness (QED) is 0.585. The van der Waals surface area contributed by atoms with Crippen molar-refractivity contribution >= 4 is 5.97 Å². The van der Waals surface area contributed by atoms with Gasteiger partial charge in [0.15, 0.2) is 11.5 Å². The van der Waals surface area contributed by atoms with Crippen LogP contribution in [0.15, 0.2) is 36.4 Å². The lowest BCUT2D eigenvalue weighted by molar-refractivity contribution is 0.0595. The van der Waals surface area contributed by atoms with Gasteiger partial charge >= 0.3 is 5.97 Å². The summed E-state index contributed by atoms with van der Waals surface area (Å²) in [4.78, 5) is 12.1. The number of phenolic OH excluding ortho intramolecular Hbond substituents is 2. The molecule has 0 fully saturated rings. The van der Waals surface area contributed by atoms with E-state index in [1.165, 1.54) is 7.11 Å². The highest BCUT2D eigenvalue weighted by Gasteiger charge is 2.29. The maximum Gasteiger partial charge on any atom is 0.342 e. The smallest absolute Gasteiger partial charge is 0.342 e. The molecule has 0 spiro atoms. The van der Waals surface area contributed by atoms with Gasteiger partial charge in [0.05, 0.1) is 7.11 Å². The first-order chi connectivity index (χ1) is 11.1. The van der Waals surface area contributed by atoms with Gasteiger partial charge < -0.3 is 20.3 Å². The third-order valence-corrected chi connectivity index (χ3v) is 4.29. The monoisotopic (exact) mass is 313 g/mol. The van der Waals surface area contributed by atoms with Crippen LogP contribution in [0.5, 0.6) is 11.5 Å². The summed E-state index contributed by atoms with van der Waals surface area (Å²) in [7, 11) is 1.27. The molecule has 1 aliphatic heterocycles. The number of benzene rings is 2. The van der Waals surface area contributed by atoms with Crippen molar-refractivity contribution in [2.75, 3.05) is 20.2 Å². The Morgan fingerprint density at radius 3 is 2.70 bits per heavy atom. The van der Waals surface area contributed by atoms with Crippen LogP contribution in [0, 0.1) is 0 Å². The molecule has 120 valence electrons. The number of aromatic hydroxyl groups is 2. The Labute approximate surface area is 134 Å². The van der Waals surface area contributed by atoms with Gasteiger partial charge in [0.1, 0.15) is 5.56 Å². The lowest BCUT2D eigenvalue weighted by Gasteiger charge is -2.21. The van der Waals surface area contributed by atoms with Gasteiger partial charge in [0.25, 0.3) is 0 Å². The van der Waals surface area contributed by atoms with E-state index < -0.39 is 11.7 Å². The molecule has 0 bridgehead atoms. The summed E-state index contributed by atoms with van der Waals surface area (Å²) >= 11 is 0. The van der Waals surface area contributed by atoms with E-state index in [-0.39, 0.29) is 17.2 Å². The van der Waals surface area contributed by atoms with Gasteiger partial charge in [-0.05, 0) is 35.7 Å². The molecule has 1 atom stereocenters. The van der Waals surface area contributed by atoms with Crippen LogP contribution in [-0.4, -0.2) is 36.4 Å². The Balaban J connectivity index is 2.22. The number of phenols is 2. The number of methoxy groups -OCH3 is 1. The fraction of sp³-hybridized carbons (Fsp3) is 0.278. The first-order valence-electron chi connectivity index (χ1n) is 7.55.